The van der Waals surface area contributed by atoms with Crippen LogP contribution >= 0.6 is 11.8 Å². The highest BCUT2D eigenvalue weighted by molar-refractivity contribution is 7.99. The predicted molar refractivity (Wildman–Crippen MR) is 177 cm³/mol. The molecule has 2 aromatic rings. The summed E-state index contributed by atoms with van der Waals surface area (Å²) in [6, 6.07) is 16.2. The average molecular weight is 614 g/mol. The SMILES string of the molecule is C#C.CCCCC1(CCCC)CCc2cc(N(C)C)ccc2SC1.O=C(O)C(CCOCCOc1ccccc1)C(=O)O. The van der Waals surface area contributed by atoms with Crippen molar-refractivity contribution < 1.29 is 29.3 Å². The maximum Gasteiger partial charge on any atom is 0.317 e. The van der Waals surface area contributed by atoms with Crippen molar-refractivity contribution in [1.82, 2.24) is 0 Å². The molecule has 2 N–H and O–H groups in total. The lowest BCUT2D eigenvalue weighted by Crippen LogP contribution is -2.25. The van der Waals surface area contributed by atoms with Gasteiger partial charge in [-0.3, -0.25) is 9.59 Å². The average Bonchev–Trinajstić information content (AvgIpc) is 3.19. The summed E-state index contributed by atoms with van der Waals surface area (Å²) in [6.45, 7) is 5.34. The van der Waals surface area contributed by atoms with Crippen molar-refractivity contribution in [3.63, 3.8) is 0 Å². The van der Waals surface area contributed by atoms with Crippen LogP contribution in [-0.4, -0.2) is 61.8 Å². The number of thioether (sulfide) groups is 1. The second kappa shape index (κ2) is 21.5. The maximum absolute atomic E-state index is 10.6. The lowest BCUT2D eigenvalue weighted by Gasteiger charge is -2.32. The van der Waals surface area contributed by atoms with Gasteiger partial charge in [0.1, 0.15) is 12.4 Å². The van der Waals surface area contributed by atoms with Crippen LogP contribution in [0.15, 0.2) is 53.4 Å². The molecule has 8 heteroatoms. The minimum absolute atomic E-state index is 0.0595. The van der Waals surface area contributed by atoms with E-state index in [0.29, 0.717) is 12.0 Å². The molecule has 0 atom stereocenters. The lowest BCUT2D eigenvalue weighted by atomic mass is 9.75. The van der Waals surface area contributed by atoms with Gasteiger partial charge in [-0.05, 0) is 73.4 Å². The van der Waals surface area contributed by atoms with E-state index >= 15 is 0 Å². The van der Waals surface area contributed by atoms with Crippen LogP contribution in [0.4, 0.5) is 5.69 Å². The molecule has 0 amide bonds. The summed E-state index contributed by atoms with van der Waals surface area (Å²) in [5, 5.41) is 17.3. The molecule has 0 spiro atoms. The van der Waals surface area contributed by atoms with Gasteiger partial charge < -0.3 is 24.6 Å². The Hall–Kier alpha value is -3.15. The Kier molecular flexibility index (Phi) is 19.0. The molecule has 238 valence electrons. The van der Waals surface area contributed by atoms with Crippen molar-refractivity contribution >= 4 is 29.4 Å². The van der Waals surface area contributed by atoms with Gasteiger partial charge >= 0.3 is 11.9 Å². The van der Waals surface area contributed by atoms with Crippen molar-refractivity contribution in [3.05, 3.63) is 54.1 Å². The molecular weight excluding hydrogens is 562 g/mol. The fraction of sp³-hybridized carbons (Fsp3) is 0.543. The summed E-state index contributed by atoms with van der Waals surface area (Å²) >= 11 is 2.12. The molecule has 1 heterocycles. The fourth-order valence-electron chi connectivity index (χ4n) is 4.90. The summed E-state index contributed by atoms with van der Waals surface area (Å²) in [7, 11) is 4.27. The lowest BCUT2D eigenvalue weighted by molar-refractivity contribution is -0.155. The van der Waals surface area contributed by atoms with E-state index in [4.69, 9.17) is 19.7 Å². The van der Waals surface area contributed by atoms with E-state index in [1.54, 1.807) is 5.56 Å². The first-order chi connectivity index (χ1) is 20.7. The number of hydrogen-bond donors (Lipinski definition) is 2. The highest BCUT2D eigenvalue weighted by Crippen LogP contribution is 2.45. The zero-order valence-electron chi connectivity index (χ0n) is 26.4. The number of hydrogen-bond acceptors (Lipinski definition) is 6. The molecule has 1 aliphatic rings. The van der Waals surface area contributed by atoms with Gasteiger partial charge in [0, 0.05) is 37.0 Å². The Balaban J connectivity index is 0.000000411. The number of rotatable bonds is 16. The molecule has 0 bridgehead atoms. The van der Waals surface area contributed by atoms with Crippen LogP contribution in [0, 0.1) is 24.2 Å². The maximum atomic E-state index is 10.6. The van der Waals surface area contributed by atoms with E-state index in [2.05, 4.69) is 75.7 Å². The zero-order valence-corrected chi connectivity index (χ0v) is 27.2. The van der Waals surface area contributed by atoms with Crippen molar-refractivity contribution in [2.75, 3.05) is 44.6 Å². The zero-order chi connectivity index (χ0) is 32.1. The van der Waals surface area contributed by atoms with Gasteiger partial charge in [0.2, 0.25) is 0 Å². The van der Waals surface area contributed by atoms with E-state index in [-0.39, 0.29) is 19.6 Å². The standard InChI is InChI=1S/C20H33NS.C13H16O6.C2H2/c1-5-7-12-20(13-8-6-2)14-11-17-15-18(21(3)4)9-10-19(17)22-16-20;14-12(15)11(13(16)17)6-7-18-8-9-19-10-4-2-1-3-5-10;1-2/h9-10,15H,5-8,11-14,16H2,1-4H3;1-5,11H,6-9H2,(H,14,15)(H,16,17);1-2H. The summed E-state index contributed by atoms with van der Waals surface area (Å²) in [5.41, 5.74) is 3.49. The topological polar surface area (TPSA) is 96.3 Å². The number of carboxylic acid groups (broad SMARTS) is 2. The third kappa shape index (κ3) is 14.2. The van der Waals surface area contributed by atoms with E-state index in [0.717, 1.165) is 5.75 Å². The second-order valence-electron chi connectivity index (χ2n) is 11.0. The van der Waals surface area contributed by atoms with Crippen LogP contribution in [0.1, 0.15) is 70.8 Å². The number of ether oxygens (including phenoxy) is 2. The van der Waals surface area contributed by atoms with Gasteiger partial charge in [0.05, 0.1) is 6.61 Å². The Bertz CT molecular complexity index is 1070. The number of aliphatic carboxylic acids is 2. The van der Waals surface area contributed by atoms with Gasteiger partial charge in [-0.2, -0.15) is 0 Å². The third-order valence-electron chi connectivity index (χ3n) is 7.53. The third-order valence-corrected chi connectivity index (χ3v) is 8.99. The Morgan fingerprint density at radius 2 is 1.58 bits per heavy atom. The van der Waals surface area contributed by atoms with Crippen LogP contribution in [0.25, 0.3) is 0 Å². The van der Waals surface area contributed by atoms with Crippen molar-refractivity contribution in [1.29, 1.82) is 0 Å². The number of terminal acetylenes is 1. The van der Waals surface area contributed by atoms with Crippen molar-refractivity contribution in [2.45, 2.75) is 76.5 Å². The van der Waals surface area contributed by atoms with E-state index in [1.807, 2.05) is 30.3 Å². The minimum atomic E-state index is -1.42. The predicted octanol–water partition coefficient (Wildman–Crippen LogP) is 7.66. The number of benzene rings is 2. The Morgan fingerprint density at radius 3 is 2.14 bits per heavy atom. The molecular formula is C35H51NO6S. The molecule has 0 unspecified atom stereocenters. The molecule has 0 radical (unpaired) electrons. The number of carboxylic acids is 2. The molecule has 3 rings (SSSR count). The number of fused-ring (bicyclic) bond motifs is 1. The van der Waals surface area contributed by atoms with Gasteiger partial charge in [-0.25, -0.2) is 0 Å². The normalized spacial score (nSPS) is 13.3. The quantitative estimate of drug-likeness (QED) is 0.113. The summed E-state index contributed by atoms with van der Waals surface area (Å²) in [4.78, 5) is 24.9. The molecule has 1 aliphatic heterocycles. The van der Waals surface area contributed by atoms with Gasteiger partial charge in [0.25, 0.3) is 0 Å². The first-order valence-corrected chi connectivity index (χ1v) is 16.2. The smallest absolute Gasteiger partial charge is 0.317 e. The number of aryl methyl sites for hydroxylation is 1. The minimum Gasteiger partial charge on any atom is -0.491 e. The number of nitrogens with zero attached hydrogens (tertiary/aromatic N) is 1. The number of carbonyl (C=O) groups is 2. The summed E-state index contributed by atoms with van der Waals surface area (Å²) in [6.07, 6.45) is 18.9. The molecule has 43 heavy (non-hydrogen) atoms. The Labute approximate surface area is 263 Å². The van der Waals surface area contributed by atoms with Crippen LogP contribution in [0.3, 0.4) is 0 Å². The molecule has 2 aromatic carbocycles. The molecule has 0 fully saturated rings. The second-order valence-corrected chi connectivity index (χ2v) is 12.0. The van der Waals surface area contributed by atoms with E-state index in [1.165, 1.54) is 67.7 Å². The van der Waals surface area contributed by atoms with Crippen LogP contribution in [-0.2, 0) is 20.7 Å². The largest absolute Gasteiger partial charge is 0.491 e. The summed E-state index contributed by atoms with van der Waals surface area (Å²) in [5.74, 6) is -2.08. The van der Waals surface area contributed by atoms with Crippen LogP contribution in [0.5, 0.6) is 5.75 Å². The highest BCUT2D eigenvalue weighted by Gasteiger charge is 2.31. The van der Waals surface area contributed by atoms with Crippen LogP contribution < -0.4 is 9.64 Å². The van der Waals surface area contributed by atoms with Crippen molar-refractivity contribution in [3.8, 4) is 18.6 Å². The number of anilines is 1. The number of para-hydroxylation sites is 1. The first-order valence-electron chi connectivity index (χ1n) is 15.2. The number of unbranched alkanes of at least 4 members (excludes halogenated alkanes) is 2. The van der Waals surface area contributed by atoms with E-state index < -0.39 is 17.9 Å². The summed E-state index contributed by atoms with van der Waals surface area (Å²) < 4.78 is 10.5. The molecule has 0 aromatic heterocycles. The highest BCUT2D eigenvalue weighted by atomic mass is 32.2. The van der Waals surface area contributed by atoms with Crippen LogP contribution in [0.2, 0.25) is 0 Å². The molecule has 7 nitrogen and oxygen atoms in total. The monoisotopic (exact) mass is 613 g/mol. The fourth-order valence-corrected chi connectivity index (χ4v) is 6.30. The molecule has 0 saturated carbocycles. The van der Waals surface area contributed by atoms with Gasteiger partial charge in [0.15, 0.2) is 5.92 Å². The van der Waals surface area contributed by atoms with Crippen molar-refractivity contribution in [2.24, 2.45) is 11.3 Å². The Morgan fingerprint density at radius 1 is 0.953 bits per heavy atom. The van der Waals surface area contributed by atoms with Gasteiger partial charge in [-0.15, -0.1) is 24.6 Å². The first kappa shape index (κ1) is 37.9. The molecule has 0 saturated heterocycles. The van der Waals surface area contributed by atoms with Gasteiger partial charge in [-0.1, -0.05) is 57.7 Å². The van der Waals surface area contributed by atoms with E-state index in [9.17, 15) is 9.59 Å². The molecule has 0 aliphatic carbocycles.